The molecule has 1 aromatic carbocycles. The summed E-state index contributed by atoms with van der Waals surface area (Å²) < 4.78 is 5.78. The van der Waals surface area contributed by atoms with Gasteiger partial charge in [-0.15, -0.1) is 0 Å². The maximum atomic E-state index is 12.5. The van der Waals surface area contributed by atoms with E-state index >= 15 is 0 Å². The van der Waals surface area contributed by atoms with Crippen LogP contribution < -0.4 is 10.1 Å². The number of hydrogen-bond donors (Lipinski definition) is 2. The van der Waals surface area contributed by atoms with Crippen LogP contribution in [0.3, 0.4) is 0 Å². The van der Waals surface area contributed by atoms with Crippen molar-refractivity contribution in [1.82, 2.24) is 15.2 Å². The molecule has 1 saturated heterocycles. The Bertz CT molecular complexity index is 736. The maximum Gasteiger partial charge on any atom is 0.240 e. The zero-order valence-corrected chi connectivity index (χ0v) is 15.7. The normalized spacial score (nSPS) is 19.8. The number of amides is 1. The molecule has 1 amide bonds. The van der Waals surface area contributed by atoms with Crippen molar-refractivity contribution in [3.8, 4) is 5.75 Å². The number of nitrogens with one attached hydrogen (secondary N) is 1. The first-order chi connectivity index (χ1) is 13.1. The van der Waals surface area contributed by atoms with E-state index in [0.29, 0.717) is 19.7 Å². The van der Waals surface area contributed by atoms with Crippen LogP contribution in [0.25, 0.3) is 0 Å². The van der Waals surface area contributed by atoms with Crippen LogP contribution >= 0.6 is 0 Å². The standard InChI is InChI=1S/C21H27N3O3/c1-21(20(26)23-12-14-25)10-4-13-24(21)15-17-6-8-19(9-7-17)27-16-18-5-2-3-11-22-18/h2-3,5-9,11,25H,4,10,12-16H2,1H3,(H,23,26)/t21-/m1/s1. The maximum absolute atomic E-state index is 12.5. The van der Waals surface area contributed by atoms with Crippen LogP contribution in [0.5, 0.6) is 5.75 Å². The number of ether oxygens (including phenoxy) is 1. The number of carbonyl (C=O) groups excluding carboxylic acids is 1. The van der Waals surface area contributed by atoms with Gasteiger partial charge in [-0.3, -0.25) is 14.7 Å². The molecule has 3 rings (SSSR count). The number of likely N-dealkylation sites (tertiary alicyclic amines) is 1. The van der Waals surface area contributed by atoms with Crippen LogP contribution in [0.4, 0.5) is 0 Å². The van der Waals surface area contributed by atoms with E-state index < -0.39 is 5.54 Å². The SMILES string of the molecule is C[C@]1(C(=O)NCCO)CCCN1Cc1ccc(OCc2ccccn2)cc1. The van der Waals surface area contributed by atoms with Gasteiger partial charge in [-0.25, -0.2) is 0 Å². The number of benzene rings is 1. The number of aromatic nitrogens is 1. The van der Waals surface area contributed by atoms with Crippen LogP contribution in [0, 0.1) is 0 Å². The molecule has 144 valence electrons. The molecule has 1 atom stereocenters. The average molecular weight is 369 g/mol. The van der Waals surface area contributed by atoms with Gasteiger partial charge in [-0.2, -0.15) is 0 Å². The van der Waals surface area contributed by atoms with Gasteiger partial charge in [0.2, 0.25) is 5.91 Å². The lowest BCUT2D eigenvalue weighted by molar-refractivity contribution is -0.131. The van der Waals surface area contributed by atoms with Crippen molar-refractivity contribution in [1.29, 1.82) is 0 Å². The summed E-state index contributed by atoms with van der Waals surface area (Å²) >= 11 is 0. The molecule has 1 aromatic heterocycles. The molecule has 1 aliphatic rings. The molecule has 2 heterocycles. The molecular weight excluding hydrogens is 342 g/mol. The van der Waals surface area contributed by atoms with Crippen LogP contribution in [-0.4, -0.2) is 46.1 Å². The second-order valence-corrected chi connectivity index (χ2v) is 7.03. The Morgan fingerprint density at radius 1 is 1.30 bits per heavy atom. The highest BCUT2D eigenvalue weighted by Gasteiger charge is 2.42. The smallest absolute Gasteiger partial charge is 0.240 e. The van der Waals surface area contributed by atoms with E-state index in [2.05, 4.69) is 15.2 Å². The minimum Gasteiger partial charge on any atom is -0.487 e. The highest BCUT2D eigenvalue weighted by molar-refractivity contribution is 5.86. The number of rotatable bonds is 8. The number of nitrogens with zero attached hydrogens (tertiary/aromatic N) is 2. The van der Waals surface area contributed by atoms with Gasteiger partial charge in [0.1, 0.15) is 12.4 Å². The van der Waals surface area contributed by atoms with E-state index in [1.165, 1.54) is 0 Å². The summed E-state index contributed by atoms with van der Waals surface area (Å²) in [5.74, 6) is 0.790. The topological polar surface area (TPSA) is 74.7 Å². The van der Waals surface area contributed by atoms with Crippen LogP contribution in [0.1, 0.15) is 31.0 Å². The molecule has 6 nitrogen and oxygen atoms in total. The van der Waals surface area contributed by atoms with Gasteiger partial charge in [0.05, 0.1) is 17.8 Å². The minimum atomic E-state index is -0.524. The highest BCUT2D eigenvalue weighted by atomic mass is 16.5. The summed E-state index contributed by atoms with van der Waals surface area (Å²) in [6.07, 6.45) is 3.58. The van der Waals surface area contributed by atoms with Crippen molar-refractivity contribution >= 4 is 5.91 Å². The monoisotopic (exact) mass is 369 g/mol. The number of aliphatic hydroxyl groups is 1. The fraction of sp³-hybridized carbons (Fsp3) is 0.429. The molecule has 0 unspecified atom stereocenters. The Balaban J connectivity index is 1.58. The molecule has 1 fully saturated rings. The van der Waals surface area contributed by atoms with Crippen molar-refractivity contribution in [3.63, 3.8) is 0 Å². The van der Waals surface area contributed by atoms with Crippen molar-refractivity contribution < 1.29 is 14.6 Å². The predicted octanol–water partition coefficient (Wildman–Crippen LogP) is 2.12. The second kappa shape index (κ2) is 8.97. The zero-order valence-electron chi connectivity index (χ0n) is 15.7. The van der Waals surface area contributed by atoms with Crippen molar-refractivity contribution in [3.05, 3.63) is 59.9 Å². The van der Waals surface area contributed by atoms with Gasteiger partial charge in [0.25, 0.3) is 0 Å². The number of hydrogen-bond acceptors (Lipinski definition) is 5. The van der Waals surface area contributed by atoms with Crippen LogP contribution in [0.2, 0.25) is 0 Å². The first-order valence-corrected chi connectivity index (χ1v) is 9.38. The zero-order chi connectivity index (χ0) is 19.1. The van der Waals surface area contributed by atoms with E-state index in [0.717, 1.165) is 36.4 Å². The summed E-state index contributed by atoms with van der Waals surface area (Å²) in [7, 11) is 0. The molecule has 0 radical (unpaired) electrons. The van der Waals surface area contributed by atoms with Gasteiger partial charge >= 0.3 is 0 Å². The fourth-order valence-corrected chi connectivity index (χ4v) is 3.44. The lowest BCUT2D eigenvalue weighted by Crippen LogP contribution is -2.53. The molecule has 0 saturated carbocycles. The molecule has 6 heteroatoms. The molecule has 0 spiro atoms. The Morgan fingerprint density at radius 2 is 2.11 bits per heavy atom. The summed E-state index contributed by atoms with van der Waals surface area (Å²) in [6, 6.07) is 13.8. The number of carbonyl (C=O) groups is 1. The molecule has 0 bridgehead atoms. The molecule has 2 aromatic rings. The van der Waals surface area contributed by atoms with Gasteiger partial charge < -0.3 is 15.2 Å². The largest absolute Gasteiger partial charge is 0.487 e. The molecule has 0 aliphatic carbocycles. The number of aliphatic hydroxyl groups excluding tert-OH is 1. The van der Waals surface area contributed by atoms with Crippen molar-refractivity contribution in [2.75, 3.05) is 19.7 Å². The number of pyridine rings is 1. The van der Waals surface area contributed by atoms with Crippen molar-refractivity contribution in [2.45, 2.75) is 38.5 Å². The average Bonchev–Trinajstić information content (AvgIpc) is 3.08. The van der Waals surface area contributed by atoms with Gasteiger partial charge in [0, 0.05) is 19.3 Å². The first-order valence-electron chi connectivity index (χ1n) is 9.38. The summed E-state index contributed by atoms with van der Waals surface area (Å²) in [5.41, 5.74) is 1.51. The Morgan fingerprint density at radius 3 is 2.81 bits per heavy atom. The predicted molar refractivity (Wildman–Crippen MR) is 103 cm³/mol. The molecule has 1 aliphatic heterocycles. The van der Waals surface area contributed by atoms with Crippen molar-refractivity contribution in [2.24, 2.45) is 0 Å². The van der Waals surface area contributed by atoms with E-state index in [1.807, 2.05) is 49.4 Å². The third-order valence-corrected chi connectivity index (χ3v) is 5.09. The van der Waals surface area contributed by atoms with E-state index in [4.69, 9.17) is 9.84 Å². The van der Waals surface area contributed by atoms with Crippen LogP contribution in [-0.2, 0) is 17.9 Å². The quantitative estimate of drug-likeness (QED) is 0.746. The van der Waals surface area contributed by atoms with Gasteiger partial charge in [0.15, 0.2) is 0 Å². The lowest BCUT2D eigenvalue weighted by atomic mass is 9.97. The minimum absolute atomic E-state index is 0.00985. The van der Waals surface area contributed by atoms with E-state index in [9.17, 15) is 4.79 Å². The molecular formula is C21H27N3O3. The Kier molecular flexibility index (Phi) is 6.42. The Hall–Kier alpha value is -2.44. The summed E-state index contributed by atoms with van der Waals surface area (Å²) in [5, 5.41) is 11.8. The first kappa shape index (κ1) is 19.3. The highest BCUT2D eigenvalue weighted by Crippen LogP contribution is 2.31. The van der Waals surface area contributed by atoms with Crippen LogP contribution in [0.15, 0.2) is 48.7 Å². The Labute approximate surface area is 160 Å². The fourth-order valence-electron chi connectivity index (χ4n) is 3.44. The lowest BCUT2D eigenvalue weighted by Gasteiger charge is -2.34. The third kappa shape index (κ3) is 4.84. The van der Waals surface area contributed by atoms with E-state index in [1.54, 1.807) is 6.20 Å². The summed E-state index contributed by atoms with van der Waals surface area (Å²) in [4.78, 5) is 19.0. The van der Waals surface area contributed by atoms with Gasteiger partial charge in [-0.1, -0.05) is 18.2 Å². The summed E-state index contributed by atoms with van der Waals surface area (Å²) in [6.45, 7) is 4.28. The third-order valence-electron chi connectivity index (χ3n) is 5.09. The molecule has 2 N–H and O–H groups in total. The van der Waals surface area contributed by atoms with E-state index in [-0.39, 0.29) is 12.5 Å². The second-order valence-electron chi connectivity index (χ2n) is 7.03. The molecule has 27 heavy (non-hydrogen) atoms. The van der Waals surface area contributed by atoms with Gasteiger partial charge in [-0.05, 0) is 56.1 Å².